The number of hydrogen-bond donors (Lipinski definition) is 0. The van der Waals surface area contributed by atoms with Crippen LogP contribution >= 0.6 is 23.2 Å². The average Bonchev–Trinajstić information content (AvgIpc) is 2.73. The minimum atomic E-state index is -3.05. The topological polar surface area (TPSA) is 54.5 Å². The van der Waals surface area contributed by atoms with E-state index in [0.717, 1.165) is 5.56 Å². The van der Waals surface area contributed by atoms with Crippen LogP contribution in [0, 0.1) is 5.92 Å². The third-order valence-electron chi connectivity index (χ3n) is 3.36. The molecule has 1 saturated heterocycles. The van der Waals surface area contributed by atoms with Gasteiger partial charge >= 0.3 is 0 Å². The van der Waals surface area contributed by atoms with Crippen LogP contribution in [0.25, 0.3) is 0 Å². The zero-order valence-corrected chi connectivity index (χ0v) is 13.3. The zero-order chi connectivity index (χ0) is 14.9. The molecule has 1 atom stereocenters. The molecule has 2 rings (SSSR count). The number of benzene rings is 1. The summed E-state index contributed by atoms with van der Waals surface area (Å²) in [5.74, 6) is -0.508. The van der Waals surface area contributed by atoms with Gasteiger partial charge in [-0.1, -0.05) is 29.3 Å². The SMILES string of the molecule is CN(Cc1ccc(Cl)c(Cl)c1)C(=O)C1CCS(=O)(=O)C1. The largest absolute Gasteiger partial charge is 0.341 e. The second kappa shape index (κ2) is 5.92. The molecule has 0 spiro atoms. The summed E-state index contributed by atoms with van der Waals surface area (Å²) >= 11 is 11.8. The quantitative estimate of drug-likeness (QED) is 0.852. The van der Waals surface area contributed by atoms with Gasteiger partial charge in [0.1, 0.15) is 0 Å². The van der Waals surface area contributed by atoms with Crippen molar-refractivity contribution in [3.05, 3.63) is 33.8 Å². The minimum absolute atomic E-state index is 0.0441. The van der Waals surface area contributed by atoms with Gasteiger partial charge in [0.15, 0.2) is 9.84 Å². The second-order valence-electron chi connectivity index (χ2n) is 5.04. The third-order valence-corrected chi connectivity index (χ3v) is 5.87. The summed E-state index contributed by atoms with van der Waals surface area (Å²) < 4.78 is 22.8. The van der Waals surface area contributed by atoms with E-state index in [9.17, 15) is 13.2 Å². The molecule has 7 heteroatoms. The first-order valence-corrected chi connectivity index (χ1v) is 8.75. The summed E-state index contributed by atoms with van der Waals surface area (Å²) in [7, 11) is -1.38. The number of nitrogens with zero attached hydrogens (tertiary/aromatic N) is 1. The molecule has 0 aliphatic carbocycles. The van der Waals surface area contributed by atoms with Crippen molar-refractivity contribution < 1.29 is 13.2 Å². The van der Waals surface area contributed by atoms with Crippen LogP contribution < -0.4 is 0 Å². The molecule has 0 saturated carbocycles. The first-order valence-electron chi connectivity index (χ1n) is 6.18. The van der Waals surface area contributed by atoms with Crippen molar-refractivity contribution >= 4 is 38.9 Å². The van der Waals surface area contributed by atoms with Crippen LogP contribution in [0.3, 0.4) is 0 Å². The average molecular weight is 336 g/mol. The van der Waals surface area contributed by atoms with Gasteiger partial charge in [0.25, 0.3) is 0 Å². The van der Waals surface area contributed by atoms with Crippen LogP contribution in [0.15, 0.2) is 18.2 Å². The summed E-state index contributed by atoms with van der Waals surface area (Å²) in [6.07, 6.45) is 0.410. The summed E-state index contributed by atoms with van der Waals surface area (Å²) in [5, 5.41) is 0.903. The number of amides is 1. The molecule has 0 aromatic heterocycles. The molecule has 110 valence electrons. The molecule has 0 bridgehead atoms. The molecule has 1 aromatic carbocycles. The van der Waals surface area contributed by atoms with E-state index < -0.39 is 15.8 Å². The molecule has 1 aliphatic rings. The van der Waals surface area contributed by atoms with Gasteiger partial charge in [-0.25, -0.2) is 8.42 Å². The van der Waals surface area contributed by atoms with E-state index in [1.807, 2.05) is 0 Å². The number of rotatable bonds is 3. The Hall–Kier alpha value is -0.780. The van der Waals surface area contributed by atoms with Crippen molar-refractivity contribution in [3.63, 3.8) is 0 Å². The van der Waals surface area contributed by atoms with E-state index >= 15 is 0 Å². The Morgan fingerprint density at radius 3 is 2.60 bits per heavy atom. The maximum atomic E-state index is 12.2. The maximum absolute atomic E-state index is 12.2. The lowest BCUT2D eigenvalue weighted by atomic mass is 10.1. The summed E-state index contributed by atoms with van der Waals surface area (Å²) in [5.41, 5.74) is 0.858. The molecule has 0 radical (unpaired) electrons. The molecule has 1 fully saturated rings. The Bertz CT molecular complexity index is 631. The molecule has 0 N–H and O–H groups in total. The Labute approximate surface area is 128 Å². The molecule has 1 unspecified atom stereocenters. The number of halogens is 2. The fourth-order valence-electron chi connectivity index (χ4n) is 2.29. The first-order chi connectivity index (χ1) is 9.28. The molecule has 1 aromatic rings. The molecule has 1 heterocycles. The van der Waals surface area contributed by atoms with Crippen LogP contribution in [-0.4, -0.2) is 37.8 Å². The highest BCUT2D eigenvalue weighted by Gasteiger charge is 2.34. The lowest BCUT2D eigenvalue weighted by Crippen LogP contribution is -2.33. The normalized spacial score (nSPS) is 20.9. The predicted molar refractivity (Wildman–Crippen MR) is 79.7 cm³/mol. The van der Waals surface area contributed by atoms with Crippen molar-refractivity contribution in [1.82, 2.24) is 4.90 Å². The molecular formula is C13H15Cl2NO3S. The van der Waals surface area contributed by atoms with Crippen LogP contribution in [0.5, 0.6) is 0 Å². The fraction of sp³-hybridized carbons (Fsp3) is 0.462. The van der Waals surface area contributed by atoms with Crippen molar-refractivity contribution in [2.24, 2.45) is 5.92 Å². The van der Waals surface area contributed by atoms with E-state index in [-0.39, 0.29) is 17.4 Å². The fourth-order valence-corrected chi connectivity index (χ4v) is 4.34. The highest BCUT2D eigenvalue weighted by Crippen LogP contribution is 2.24. The summed E-state index contributed by atoms with van der Waals surface area (Å²) in [4.78, 5) is 13.7. The van der Waals surface area contributed by atoms with Crippen molar-refractivity contribution in [2.45, 2.75) is 13.0 Å². The van der Waals surface area contributed by atoms with Crippen LogP contribution in [0.2, 0.25) is 10.0 Å². The van der Waals surface area contributed by atoms with Crippen molar-refractivity contribution in [3.8, 4) is 0 Å². The molecular weight excluding hydrogens is 321 g/mol. The molecule has 20 heavy (non-hydrogen) atoms. The number of hydrogen-bond acceptors (Lipinski definition) is 3. The van der Waals surface area contributed by atoms with Gasteiger partial charge in [0, 0.05) is 13.6 Å². The van der Waals surface area contributed by atoms with Crippen LogP contribution in [0.1, 0.15) is 12.0 Å². The Balaban J connectivity index is 2.02. The zero-order valence-electron chi connectivity index (χ0n) is 11.0. The van der Waals surface area contributed by atoms with Gasteiger partial charge < -0.3 is 4.90 Å². The van der Waals surface area contributed by atoms with Gasteiger partial charge in [-0.05, 0) is 24.1 Å². The smallest absolute Gasteiger partial charge is 0.226 e. The molecule has 1 aliphatic heterocycles. The van der Waals surface area contributed by atoms with Gasteiger partial charge in [-0.3, -0.25) is 4.79 Å². The molecule has 4 nitrogen and oxygen atoms in total. The maximum Gasteiger partial charge on any atom is 0.226 e. The van der Waals surface area contributed by atoms with Gasteiger partial charge in [0.05, 0.1) is 27.5 Å². The number of carbonyl (C=O) groups is 1. The number of sulfone groups is 1. The van der Waals surface area contributed by atoms with E-state index in [2.05, 4.69) is 0 Å². The number of carbonyl (C=O) groups excluding carboxylic acids is 1. The second-order valence-corrected chi connectivity index (χ2v) is 8.09. The highest BCUT2D eigenvalue weighted by atomic mass is 35.5. The highest BCUT2D eigenvalue weighted by molar-refractivity contribution is 7.91. The Kier molecular flexibility index (Phi) is 4.62. The van der Waals surface area contributed by atoms with Gasteiger partial charge in [-0.15, -0.1) is 0 Å². The van der Waals surface area contributed by atoms with Gasteiger partial charge in [0.2, 0.25) is 5.91 Å². The van der Waals surface area contributed by atoms with E-state index in [4.69, 9.17) is 23.2 Å². The van der Waals surface area contributed by atoms with E-state index in [1.165, 1.54) is 4.90 Å². The van der Waals surface area contributed by atoms with Crippen LogP contribution in [-0.2, 0) is 21.2 Å². The Morgan fingerprint density at radius 2 is 2.05 bits per heavy atom. The third kappa shape index (κ3) is 3.65. The first kappa shape index (κ1) is 15.6. The minimum Gasteiger partial charge on any atom is -0.341 e. The monoisotopic (exact) mass is 335 g/mol. The lowest BCUT2D eigenvalue weighted by molar-refractivity contribution is -0.133. The summed E-state index contributed by atoms with van der Waals surface area (Å²) in [6, 6.07) is 5.18. The van der Waals surface area contributed by atoms with E-state index in [1.54, 1.807) is 25.2 Å². The Morgan fingerprint density at radius 1 is 1.35 bits per heavy atom. The van der Waals surface area contributed by atoms with Crippen LogP contribution in [0.4, 0.5) is 0 Å². The van der Waals surface area contributed by atoms with E-state index in [0.29, 0.717) is 23.0 Å². The standard InChI is InChI=1S/C13H15Cl2NO3S/c1-16(7-9-2-3-11(14)12(15)6-9)13(17)10-4-5-20(18,19)8-10/h2-3,6,10H,4-5,7-8H2,1H3. The van der Waals surface area contributed by atoms with Gasteiger partial charge in [-0.2, -0.15) is 0 Å². The summed E-state index contributed by atoms with van der Waals surface area (Å²) in [6.45, 7) is 0.381. The lowest BCUT2D eigenvalue weighted by Gasteiger charge is -2.20. The predicted octanol–water partition coefficient (Wildman–Crippen LogP) is 2.39. The van der Waals surface area contributed by atoms with Crippen molar-refractivity contribution in [2.75, 3.05) is 18.6 Å². The molecule has 1 amide bonds. The van der Waals surface area contributed by atoms with Crippen molar-refractivity contribution in [1.29, 1.82) is 0 Å².